The molecule has 1 aromatic heterocycles. The van der Waals surface area contributed by atoms with E-state index < -0.39 is 34.8 Å². The third-order valence-electron chi connectivity index (χ3n) is 6.99. The average Bonchev–Trinajstić information content (AvgIpc) is 3.81. The number of anilines is 2. The Kier molecular flexibility index (Phi) is 11.0. The van der Waals surface area contributed by atoms with E-state index in [2.05, 4.69) is 15.6 Å². The van der Waals surface area contributed by atoms with Gasteiger partial charge in [-0.2, -0.15) is 0 Å². The van der Waals surface area contributed by atoms with E-state index in [1.807, 2.05) is 0 Å². The molecule has 3 N–H and O–H groups in total. The monoisotopic (exact) mass is 629 g/mol. The number of carbonyl (C=O) groups is 3. The Balaban J connectivity index is 0.00000461. The van der Waals surface area contributed by atoms with Gasteiger partial charge in [-0.25, -0.2) is 8.78 Å². The van der Waals surface area contributed by atoms with Gasteiger partial charge in [0.1, 0.15) is 17.0 Å². The summed E-state index contributed by atoms with van der Waals surface area (Å²) in [6.07, 6.45) is 2.42. The summed E-state index contributed by atoms with van der Waals surface area (Å²) >= 11 is 0. The zero-order valence-corrected chi connectivity index (χ0v) is 23.7. The average molecular weight is 630 g/mol. The number of carbonyl (C=O) groups excluding carboxylic acids is 2. The first-order chi connectivity index (χ1) is 21.2. The van der Waals surface area contributed by atoms with Crippen molar-refractivity contribution in [3.8, 4) is 23.0 Å². The number of aliphatic carboxylic acids is 1. The van der Waals surface area contributed by atoms with Crippen LogP contribution in [0.3, 0.4) is 0 Å². The number of pyridine rings is 1. The summed E-state index contributed by atoms with van der Waals surface area (Å²) in [6, 6.07) is 14.0. The zero-order chi connectivity index (χ0) is 31.3. The number of carboxylic acid groups (broad SMARTS) is 1. The third-order valence-corrected chi connectivity index (χ3v) is 6.99. The molecule has 5 rings (SSSR count). The van der Waals surface area contributed by atoms with E-state index in [-0.39, 0.29) is 54.0 Å². The van der Waals surface area contributed by atoms with Crippen molar-refractivity contribution in [1.29, 1.82) is 0 Å². The number of amides is 2. The minimum absolute atomic E-state index is 0. The Morgan fingerprint density at radius 1 is 0.867 bits per heavy atom. The van der Waals surface area contributed by atoms with Crippen molar-refractivity contribution in [2.45, 2.75) is 32.6 Å². The number of nitrogens with zero attached hydrogens (tertiary/aromatic N) is 1. The fourth-order valence-electron chi connectivity index (χ4n) is 4.50. The summed E-state index contributed by atoms with van der Waals surface area (Å²) in [6.45, 7) is 2.31. The maximum absolute atomic E-state index is 15.2. The number of nitrogens with one attached hydrogen (secondary N) is 2. The predicted molar refractivity (Wildman–Crippen MR) is 164 cm³/mol. The number of benzene rings is 3. The van der Waals surface area contributed by atoms with Crippen LogP contribution in [0.15, 0.2) is 66.9 Å². The molecule has 0 spiro atoms. The summed E-state index contributed by atoms with van der Waals surface area (Å²) in [4.78, 5) is 41.0. The van der Waals surface area contributed by atoms with Crippen molar-refractivity contribution in [3.05, 3.63) is 78.5 Å². The molecular formula is C32H30F2N3NaO7. The predicted octanol–water partition coefficient (Wildman–Crippen LogP) is 5.66. The van der Waals surface area contributed by atoms with Crippen molar-refractivity contribution in [2.75, 3.05) is 23.8 Å². The molecule has 1 fully saturated rings. The molecule has 1 aliphatic rings. The SMILES string of the molecule is CCOc1cc2c(Oc3ccc(NC(=O)C4(C(=O)Nc5ccc(F)cc5)CC4)cc3F)ccnc2cc1OCCCC(=O)O.[NaH]. The molecule has 0 saturated heterocycles. The van der Waals surface area contributed by atoms with Crippen LogP contribution in [0.1, 0.15) is 32.6 Å². The number of ether oxygens (including phenoxy) is 3. The Morgan fingerprint density at radius 2 is 1.53 bits per heavy atom. The number of hydrogen-bond acceptors (Lipinski definition) is 7. The summed E-state index contributed by atoms with van der Waals surface area (Å²) in [5.74, 6) is -2.26. The van der Waals surface area contributed by atoms with Gasteiger partial charge >= 0.3 is 35.5 Å². The number of hydrogen-bond donors (Lipinski definition) is 3. The van der Waals surface area contributed by atoms with Gasteiger partial charge in [-0.3, -0.25) is 19.4 Å². The number of fused-ring (bicyclic) bond motifs is 1. The number of carboxylic acids is 1. The number of halogens is 2. The van der Waals surface area contributed by atoms with Crippen molar-refractivity contribution >= 4 is 69.6 Å². The molecule has 0 radical (unpaired) electrons. The fourth-order valence-corrected chi connectivity index (χ4v) is 4.50. The maximum atomic E-state index is 15.2. The molecule has 0 atom stereocenters. The summed E-state index contributed by atoms with van der Waals surface area (Å²) in [5.41, 5.74) is -0.312. The first kappa shape index (κ1) is 33.6. The Labute approximate surface area is 279 Å². The molecule has 2 amide bonds. The van der Waals surface area contributed by atoms with E-state index >= 15 is 4.39 Å². The molecule has 0 bridgehead atoms. The first-order valence-corrected chi connectivity index (χ1v) is 13.9. The number of aromatic nitrogens is 1. The van der Waals surface area contributed by atoms with Gasteiger partial charge in [-0.05, 0) is 74.7 Å². The number of rotatable bonds is 13. The standard InChI is InChI=1S/C32H29F2N3O7.Na.H/c1-2-42-27-17-22-24(18-28(27)43-15-3-4-29(38)39)35-14-11-25(22)44-26-10-9-21(16-23(26)34)37-31(41)32(12-13-32)30(40)36-20-7-5-19(33)6-8-20;;/h5-11,14,16-18H,2-4,12-13,15H2,1H3,(H,36,40)(H,37,41)(H,38,39);;. The molecule has 230 valence electrons. The van der Waals surface area contributed by atoms with E-state index in [1.165, 1.54) is 42.6 Å². The van der Waals surface area contributed by atoms with Crippen LogP contribution in [-0.4, -0.2) is 70.6 Å². The van der Waals surface area contributed by atoms with Crippen LogP contribution in [0.5, 0.6) is 23.0 Å². The molecule has 0 unspecified atom stereocenters. The molecular weight excluding hydrogens is 599 g/mol. The molecule has 1 aliphatic carbocycles. The van der Waals surface area contributed by atoms with Gasteiger partial charge < -0.3 is 30.0 Å². The Morgan fingerprint density at radius 3 is 2.18 bits per heavy atom. The minimum atomic E-state index is -1.30. The van der Waals surface area contributed by atoms with Crippen LogP contribution in [0, 0.1) is 17.0 Å². The normalized spacial score (nSPS) is 12.9. The topological polar surface area (TPSA) is 136 Å². The van der Waals surface area contributed by atoms with E-state index in [9.17, 15) is 18.8 Å². The van der Waals surface area contributed by atoms with Crippen LogP contribution >= 0.6 is 0 Å². The van der Waals surface area contributed by atoms with Crippen molar-refractivity contribution in [2.24, 2.45) is 5.41 Å². The first-order valence-electron chi connectivity index (χ1n) is 13.9. The quantitative estimate of drug-likeness (QED) is 0.0980. The molecule has 45 heavy (non-hydrogen) atoms. The third kappa shape index (κ3) is 8.07. The van der Waals surface area contributed by atoms with E-state index in [1.54, 1.807) is 25.1 Å². The van der Waals surface area contributed by atoms with Crippen LogP contribution in [0.4, 0.5) is 20.2 Å². The summed E-state index contributed by atoms with van der Waals surface area (Å²) in [5, 5.41) is 14.6. The molecule has 3 aromatic carbocycles. The van der Waals surface area contributed by atoms with E-state index in [4.69, 9.17) is 19.3 Å². The van der Waals surface area contributed by atoms with Crippen LogP contribution < -0.4 is 24.8 Å². The molecule has 13 heteroatoms. The van der Waals surface area contributed by atoms with Crippen molar-refractivity contribution in [3.63, 3.8) is 0 Å². The van der Waals surface area contributed by atoms with Gasteiger partial charge in [-0.1, -0.05) is 0 Å². The van der Waals surface area contributed by atoms with Crippen molar-refractivity contribution < 1.29 is 42.5 Å². The van der Waals surface area contributed by atoms with Crippen LogP contribution in [0.25, 0.3) is 10.9 Å². The van der Waals surface area contributed by atoms with Gasteiger partial charge in [0.05, 0.1) is 18.7 Å². The molecule has 1 saturated carbocycles. The molecule has 1 heterocycles. The van der Waals surface area contributed by atoms with Crippen LogP contribution in [-0.2, 0) is 14.4 Å². The van der Waals surface area contributed by atoms with Gasteiger partial charge in [0.2, 0.25) is 11.8 Å². The van der Waals surface area contributed by atoms with Gasteiger partial charge in [0.15, 0.2) is 23.1 Å². The second kappa shape index (κ2) is 14.7. The van der Waals surface area contributed by atoms with Gasteiger partial charge in [0, 0.05) is 41.5 Å². The second-order valence-corrected chi connectivity index (χ2v) is 10.1. The van der Waals surface area contributed by atoms with Gasteiger partial charge in [0.25, 0.3) is 0 Å². The summed E-state index contributed by atoms with van der Waals surface area (Å²) < 4.78 is 45.7. The molecule has 0 aliphatic heterocycles. The second-order valence-electron chi connectivity index (χ2n) is 10.1. The van der Waals surface area contributed by atoms with Gasteiger partial charge in [-0.15, -0.1) is 0 Å². The molecule has 4 aromatic rings. The molecule has 10 nitrogen and oxygen atoms in total. The van der Waals surface area contributed by atoms with E-state index in [0.717, 1.165) is 6.07 Å². The summed E-state index contributed by atoms with van der Waals surface area (Å²) in [7, 11) is 0. The fraction of sp³-hybridized carbons (Fsp3) is 0.250. The zero-order valence-electron chi connectivity index (χ0n) is 23.7. The van der Waals surface area contributed by atoms with E-state index in [0.29, 0.717) is 59.7 Å². The Hall–Kier alpha value is -4.26. The Bertz CT molecular complexity index is 1720. The van der Waals surface area contributed by atoms with Crippen LogP contribution in [0.2, 0.25) is 0 Å². The van der Waals surface area contributed by atoms with Crippen molar-refractivity contribution in [1.82, 2.24) is 4.98 Å².